The largest absolute Gasteiger partial charge is 0.384 e. The fraction of sp³-hybridized carbons (Fsp3) is 0.267. The molecular formula is C45H45FN10O3. The van der Waals surface area contributed by atoms with Gasteiger partial charge in [-0.15, -0.1) is 6.58 Å². The number of carbonyl (C=O) groups excluding carboxylic acids is 1. The third-order valence-corrected chi connectivity index (χ3v) is 11.3. The minimum absolute atomic E-state index is 0.234. The number of hydrogen-bond donors (Lipinski definition) is 4. The molecule has 7 aromatic rings. The molecule has 0 aliphatic carbocycles. The van der Waals surface area contributed by atoms with Gasteiger partial charge in [0.1, 0.15) is 16.8 Å². The van der Waals surface area contributed by atoms with E-state index >= 15 is 0 Å². The maximum atomic E-state index is 14.4. The summed E-state index contributed by atoms with van der Waals surface area (Å²) in [6, 6.07) is 22.8. The van der Waals surface area contributed by atoms with Crippen LogP contribution >= 0.6 is 0 Å². The third-order valence-electron chi connectivity index (χ3n) is 11.3. The Bertz CT molecular complexity index is 2830. The molecule has 4 N–H and O–H groups in total. The number of aromatic nitrogens is 6. The van der Waals surface area contributed by atoms with E-state index in [2.05, 4.69) is 79.2 Å². The van der Waals surface area contributed by atoms with E-state index < -0.39 is 11.4 Å². The second kappa shape index (κ2) is 14.9. The van der Waals surface area contributed by atoms with E-state index in [-0.39, 0.29) is 18.0 Å². The maximum Gasteiger partial charge on any atom is 0.278 e. The van der Waals surface area contributed by atoms with Crippen molar-refractivity contribution < 1.29 is 14.3 Å². The summed E-state index contributed by atoms with van der Waals surface area (Å²) in [6.07, 6.45) is 3.83. The normalized spacial score (nSPS) is 14.8. The van der Waals surface area contributed by atoms with Gasteiger partial charge in [-0.3, -0.25) is 14.5 Å². The first-order valence-electron chi connectivity index (χ1n) is 19.8. The number of halogens is 1. The monoisotopic (exact) mass is 792 g/mol. The van der Waals surface area contributed by atoms with Crippen LogP contribution in [0.4, 0.5) is 21.7 Å². The van der Waals surface area contributed by atoms with Crippen LogP contribution in [0.25, 0.3) is 39.0 Å². The van der Waals surface area contributed by atoms with Crippen LogP contribution in [0.2, 0.25) is 0 Å². The predicted octanol–water partition coefficient (Wildman–Crippen LogP) is 6.34. The van der Waals surface area contributed by atoms with Gasteiger partial charge >= 0.3 is 0 Å². The molecule has 300 valence electrons. The number of nitrogens with zero attached hydrogens (tertiary/aromatic N) is 7. The number of benzene rings is 3. The molecule has 2 aliphatic rings. The number of rotatable bonds is 10. The van der Waals surface area contributed by atoms with Gasteiger partial charge in [-0.05, 0) is 104 Å². The molecule has 0 radical (unpaired) electrons. The molecule has 6 heterocycles. The zero-order valence-electron chi connectivity index (χ0n) is 33.2. The molecule has 59 heavy (non-hydrogen) atoms. The van der Waals surface area contributed by atoms with Gasteiger partial charge in [-0.25, -0.2) is 23.7 Å². The lowest BCUT2D eigenvalue weighted by Crippen LogP contribution is -2.46. The lowest BCUT2D eigenvalue weighted by Gasteiger charge is -2.36. The number of aromatic amines is 1. The lowest BCUT2D eigenvalue weighted by atomic mass is 9.97. The maximum absolute atomic E-state index is 14.4. The van der Waals surface area contributed by atoms with Crippen molar-refractivity contribution in [1.82, 2.24) is 39.5 Å². The van der Waals surface area contributed by atoms with Crippen LogP contribution in [0.15, 0.2) is 96.4 Å². The van der Waals surface area contributed by atoms with Gasteiger partial charge in [0.2, 0.25) is 5.95 Å². The van der Waals surface area contributed by atoms with Crippen LogP contribution in [-0.4, -0.2) is 77.9 Å². The van der Waals surface area contributed by atoms with Crippen molar-refractivity contribution in [3.05, 3.63) is 136 Å². The highest BCUT2D eigenvalue weighted by molar-refractivity contribution is 6.10. The Morgan fingerprint density at radius 1 is 1.00 bits per heavy atom. The summed E-state index contributed by atoms with van der Waals surface area (Å²) >= 11 is 0. The third kappa shape index (κ3) is 7.14. The summed E-state index contributed by atoms with van der Waals surface area (Å²) < 4.78 is 17.6. The predicted molar refractivity (Wildman–Crippen MR) is 228 cm³/mol. The number of aryl methyl sites for hydroxylation is 1. The number of carbonyl (C=O) groups is 1. The Morgan fingerprint density at radius 3 is 2.54 bits per heavy atom. The van der Waals surface area contributed by atoms with Crippen molar-refractivity contribution in [2.45, 2.75) is 45.9 Å². The molecule has 14 heteroatoms. The molecule has 1 amide bonds. The average molecular weight is 793 g/mol. The van der Waals surface area contributed by atoms with Gasteiger partial charge in [0, 0.05) is 73.4 Å². The molecule has 0 saturated carbocycles. The van der Waals surface area contributed by atoms with Gasteiger partial charge in [0.25, 0.3) is 11.5 Å². The number of allylic oxidation sites excluding steroid dienone is 1. The summed E-state index contributed by atoms with van der Waals surface area (Å²) in [6.45, 7) is 14.5. The lowest BCUT2D eigenvalue weighted by molar-refractivity contribution is 0.0737. The molecule has 0 bridgehead atoms. The standard InChI is InChI=1S/C45H45FN10O3/c1-5-17-55-43(58)35-25-48-44(52-41(35)56(55)38-8-6-7-37(51-38)45(3,4)59)49-31-11-13-32(14-12-31)54-20-18-53(19-21-54)26-29-10-9-28(22-27(29)2)40-33-15-16-47-42(57)34-23-30(46)24-36(50-40)39(33)34/h5-14,22-25,50,59H,1,15-21,26H2,2-4H3,(H,47,57)(H,48,49,52). The molecule has 1 fully saturated rings. The molecule has 9 rings (SSSR count). The number of hydrogen-bond acceptors (Lipinski definition) is 9. The molecule has 2 aliphatic heterocycles. The molecule has 0 spiro atoms. The van der Waals surface area contributed by atoms with Crippen molar-refractivity contribution in [3.63, 3.8) is 0 Å². The summed E-state index contributed by atoms with van der Waals surface area (Å²) in [5.41, 5.74) is 7.82. The van der Waals surface area contributed by atoms with E-state index in [1.165, 1.54) is 34.1 Å². The number of fused-ring (bicyclic) bond motifs is 1. The summed E-state index contributed by atoms with van der Waals surface area (Å²) in [4.78, 5) is 48.2. The van der Waals surface area contributed by atoms with Crippen molar-refractivity contribution >= 4 is 45.2 Å². The van der Waals surface area contributed by atoms with Crippen LogP contribution in [0.1, 0.15) is 46.6 Å². The average Bonchev–Trinajstić information content (AvgIpc) is 3.65. The highest BCUT2D eigenvalue weighted by atomic mass is 19.1. The second-order valence-corrected chi connectivity index (χ2v) is 15.8. The van der Waals surface area contributed by atoms with Gasteiger partial charge < -0.3 is 25.6 Å². The number of pyridine rings is 1. The van der Waals surface area contributed by atoms with Crippen LogP contribution in [0.5, 0.6) is 0 Å². The Kier molecular flexibility index (Phi) is 9.60. The van der Waals surface area contributed by atoms with E-state index in [9.17, 15) is 19.1 Å². The minimum atomic E-state index is -1.17. The van der Waals surface area contributed by atoms with E-state index in [1.54, 1.807) is 42.8 Å². The Balaban J connectivity index is 0.865. The first-order valence-corrected chi connectivity index (χ1v) is 19.8. The van der Waals surface area contributed by atoms with Gasteiger partial charge in [0.15, 0.2) is 11.5 Å². The summed E-state index contributed by atoms with van der Waals surface area (Å²) in [5, 5.41) is 18.0. The number of H-pyrrole nitrogens is 1. The van der Waals surface area contributed by atoms with Gasteiger partial charge in [0.05, 0.1) is 17.8 Å². The fourth-order valence-corrected chi connectivity index (χ4v) is 8.25. The Labute approximate surface area is 339 Å². The molecule has 1 saturated heterocycles. The zero-order chi connectivity index (χ0) is 41.0. The molecule has 13 nitrogen and oxygen atoms in total. The fourth-order valence-electron chi connectivity index (χ4n) is 8.25. The van der Waals surface area contributed by atoms with E-state index in [0.717, 1.165) is 66.3 Å². The topological polar surface area (TPSA) is 149 Å². The molecule has 4 aromatic heterocycles. The molecular weight excluding hydrogens is 748 g/mol. The smallest absolute Gasteiger partial charge is 0.278 e. The number of amides is 1. The molecule has 0 atom stereocenters. The van der Waals surface area contributed by atoms with Crippen LogP contribution in [0, 0.1) is 12.7 Å². The number of anilines is 3. The van der Waals surface area contributed by atoms with Crippen LogP contribution in [-0.2, 0) is 25.1 Å². The van der Waals surface area contributed by atoms with Crippen molar-refractivity contribution in [2.24, 2.45) is 0 Å². The Hall–Kier alpha value is -6.64. The van der Waals surface area contributed by atoms with Crippen molar-refractivity contribution in [1.29, 1.82) is 0 Å². The summed E-state index contributed by atoms with van der Waals surface area (Å²) in [7, 11) is 0. The number of nitrogens with one attached hydrogen (secondary N) is 3. The van der Waals surface area contributed by atoms with Gasteiger partial charge in [-0.2, -0.15) is 4.98 Å². The van der Waals surface area contributed by atoms with Crippen molar-refractivity contribution in [3.8, 4) is 17.1 Å². The van der Waals surface area contributed by atoms with E-state index in [0.29, 0.717) is 52.5 Å². The van der Waals surface area contributed by atoms with E-state index in [4.69, 9.17) is 4.98 Å². The van der Waals surface area contributed by atoms with E-state index in [1.807, 2.05) is 12.1 Å². The number of piperazine rings is 1. The second-order valence-electron chi connectivity index (χ2n) is 15.8. The highest BCUT2D eigenvalue weighted by Crippen LogP contribution is 2.36. The minimum Gasteiger partial charge on any atom is -0.384 e. The van der Waals surface area contributed by atoms with Gasteiger partial charge in [-0.1, -0.05) is 24.3 Å². The SMILES string of the molecule is C=CCn1c(=O)c2cnc(Nc3ccc(N4CCN(Cc5ccc(-c6[nH]c7cc(F)cc8c7c6CCNC8=O)cc5C)CC4)cc3)nc2n1-c1cccc(C(C)(C)O)n1. The highest BCUT2D eigenvalue weighted by Gasteiger charge is 2.25. The van der Waals surface area contributed by atoms with Crippen molar-refractivity contribution in [2.75, 3.05) is 42.9 Å². The quantitative estimate of drug-likeness (QED) is 0.117. The van der Waals surface area contributed by atoms with Crippen LogP contribution < -0.4 is 21.1 Å². The zero-order valence-corrected chi connectivity index (χ0v) is 33.2. The molecule has 3 aromatic carbocycles. The molecule has 0 unspecified atom stereocenters. The van der Waals surface area contributed by atoms with Crippen LogP contribution in [0.3, 0.4) is 0 Å². The first-order chi connectivity index (χ1) is 28.4. The Morgan fingerprint density at radius 2 is 1.80 bits per heavy atom. The number of aliphatic hydroxyl groups is 1. The first kappa shape index (κ1) is 37.9. The summed E-state index contributed by atoms with van der Waals surface area (Å²) in [5.74, 6) is 0.102.